The fourth-order valence-electron chi connectivity index (χ4n) is 1.67. The second-order valence-electron chi connectivity index (χ2n) is 4.38. The third kappa shape index (κ3) is 2.71. The molecule has 0 bridgehead atoms. The quantitative estimate of drug-likeness (QED) is 0.644. The van der Waals surface area contributed by atoms with Gasteiger partial charge in [-0.05, 0) is 6.42 Å². The average Bonchev–Trinajstić information content (AvgIpc) is 2.31. The van der Waals surface area contributed by atoms with E-state index in [1.807, 2.05) is 18.2 Å². The van der Waals surface area contributed by atoms with Crippen molar-refractivity contribution in [3.63, 3.8) is 0 Å². The summed E-state index contributed by atoms with van der Waals surface area (Å²) < 4.78 is 0. The Kier molecular flexibility index (Phi) is 4.26. The molecule has 0 fully saturated rings. The fourth-order valence-corrected chi connectivity index (χ4v) is 1.67. The van der Waals surface area contributed by atoms with Crippen LogP contribution in [0.25, 0.3) is 0 Å². The number of aliphatic hydroxyl groups is 1. The lowest BCUT2D eigenvalue weighted by molar-refractivity contribution is -0.124. The Morgan fingerprint density at radius 1 is 1.62 bits per heavy atom. The zero-order valence-corrected chi connectivity index (χ0v) is 9.81. The Hall–Kier alpha value is -1.13. The molecule has 3 unspecified atom stereocenters. The minimum Gasteiger partial charge on any atom is -0.394 e. The van der Waals surface area contributed by atoms with Gasteiger partial charge >= 0.3 is 0 Å². The largest absolute Gasteiger partial charge is 0.394 e. The van der Waals surface area contributed by atoms with E-state index in [2.05, 4.69) is 25.2 Å². The van der Waals surface area contributed by atoms with Crippen molar-refractivity contribution in [1.29, 1.82) is 0 Å². The number of amides is 1. The summed E-state index contributed by atoms with van der Waals surface area (Å²) >= 11 is 0. The average molecular weight is 224 g/mol. The van der Waals surface area contributed by atoms with E-state index in [1.165, 1.54) is 0 Å². The molecule has 90 valence electrons. The highest BCUT2D eigenvalue weighted by molar-refractivity contribution is 5.82. The van der Waals surface area contributed by atoms with Crippen molar-refractivity contribution in [3.05, 3.63) is 24.3 Å². The maximum absolute atomic E-state index is 11.6. The molecule has 0 saturated heterocycles. The number of aliphatic hydroxyl groups excluding tert-OH is 1. The second kappa shape index (κ2) is 5.27. The maximum Gasteiger partial charge on any atom is 0.239 e. The van der Waals surface area contributed by atoms with Crippen LogP contribution in [0.15, 0.2) is 24.3 Å². The smallest absolute Gasteiger partial charge is 0.239 e. The van der Waals surface area contributed by atoms with Crippen molar-refractivity contribution < 1.29 is 9.90 Å². The number of carbonyl (C=O) groups excluding carboxylic acids is 1. The molecular weight excluding hydrogens is 204 g/mol. The van der Waals surface area contributed by atoms with Crippen LogP contribution in [0.3, 0.4) is 0 Å². The molecule has 1 rings (SSSR count). The normalized spacial score (nSPS) is 30.1. The van der Waals surface area contributed by atoms with E-state index in [0.717, 1.165) is 6.42 Å². The number of nitrogens with one attached hydrogen (secondary N) is 1. The van der Waals surface area contributed by atoms with Crippen LogP contribution in [0.4, 0.5) is 0 Å². The fraction of sp³-hybridized carbons (Fsp3) is 0.583. The molecule has 0 heterocycles. The van der Waals surface area contributed by atoms with Gasteiger partial charge in [-0.2, -0.15) is 0 Å². The lowest BCUT2D eigenvalue weighted by atomic mass is 9.77. The molecule has 0 radical (unpaired) electrons. The topological polar surface area (TPSA) is 75.4 Å². The molecule has 4 heteroatoms. The van der Waals surface area contributed by atoms with Crippen LogP contribution in [0.2, 0.25) is 0 Å². The Bertz CT molecular complexity index is 312. The summed E-state index contributed by atoms with van der Waals surface area (Å²) in [6, 6.07) is -0.909. The van der Waals surface area contributed by atoms with E-state index in [4.69, 9.17) is 10.8 Å². The van der Waals surface area contributed by atoms with Gasteiger partial charge < -0.3 is 16.2 Å². The van der Waals surface area contributed by atoms with E-state index in [0.29, 0.717) is 0 Å². The molecule has 4 N–H and O–H groups in total. The van der Waals surface area contributed by atoms with Gasteiger partial charge in [-0.25, -0.2) is 0 Å². The molecule has 0 aromatic rings. The molecular formula is C12H20N2O2. The monoisotopic (exact) mass is 224 g/mol. The Morgan fingerprint density at radius 3 is 2.88 bits per heavy atom. The summed E-state index contributed by atoms with van der Waals surface area (Å²) in [5.41, 5.74) is 5.38. The molecule has 0 aliphatic heterocycles. The minimum atomic E-state index is -0.847. The molecule has 4 nitrogen and oxygen atoms in total. The van der Waals surface area contributed by atoms with E-state index < -0.39 is 6.04 Å². The number of nitrogens with two attached hydrogens (primary N) is 1. The summed E-state index contributed by atoms with van der Waals surface area (Å²) in [6.07, 6.45) is 8.85. The van der Waals surface area contributed by atoms with Gasteiger partial charge in [0.2, 0.25) is 5.91 Å². The van der Waals surface area contributed by atoms with E-state index >= 15 is 0 Å². The molecule has 0 aromatic carbocycles. The van der Waals surface area contributed by atoms with Gasteiger partial charge in [0.25, 0.3) is 0 Å². The van der Waals surface area contributed by atoms with Gasteiger partial charge in [0, 0.05) is 5.41 Å². The lowest BCUT2D eigenvalue weighted by Gasteiger charge is -2.35. The van der Waals surface area contributed by atoms with Gasteiger partial charge in [-0.3, -0.25) is 4.79 Å². The first-order chi connectivity index (χ1) is 7.53. The van der Waals surface area contributed by atoms with Crippen molar-refractivity contribution >= 4 is 5.91 Å². The van der Waals surface area contributed by atoms with Crippen LogP contribution >= 0.6 is 0 Å². The molecule has 0 spiro atoms. The van der Waals surface area contributed by atoms with Crippen molar-refractivity contribution in [2.45, 2.75) is 32.4 Å². The molecule has 3 atom stereocenters. The molecule has 1 amide bonds. The number of hydrogen-bond acceptors (Lipinski definition) is 3. The van der Waals surface area contributed by atoms with E-state index in [1.54, 1.807) is 0 Å². The third-order valence-electron chi connectivity index (χ3n) is 3.20. The van der Waals surface area contributed by atoms with Crippen LogP contribution < -0.4 is 11.1 Å². The first kappa shape index (κ1) is 12.9. The Labute approximate surface area is 96.2 Å². The zero-order chi connectivity index (χ0) is 12.2. The molecule has 0 aromatic heterocycles. The van der Waals surface area contributed by atoms with E-state index in [-0.39, 0.29) is 24.0 Å². The van der Waals surface area contributed by atoms with Crippen molar-refractivity contribution in [3.8, 4) is 0 Å². The molecule has 1 aliphatic rings. The van der Waals surface area contributed by atoms with Crippen molar-refractivity contribution in [2.75, 3.05) is 6.61 Å². The SMILES string of the molecule is CCC1(C)C=CC=CC1NC(=O)C(N)CO. The van der Waals surface area contributed by atoms with Crippen molar-refractivity contribution in [2.24, 2.45) is 11.1 Å². The predicted molar refractivity (Wildman–Crippen MR) is 63.7 cm³/mol. The highest BCUT2D eigenvalue weighted by Gasteiger charge is 2.31. The van der Waals surface area contributed by atoms with Gasteiger partial charge in [0.1, 0.15) is 6.04 Å². The summed E-state index contributed by atoms with van der Waals surface area (Å²) in [5, 5.41) is 11.7. The number of rotatable bonds is 4. The zero-order valence-electron chi connectivity index (χ0n) is 9.81. The summed E-state index contributed by atoms with van der Waals surface area (Å²) in [4.78, 5) is 11.6. The maximum atomic E-state index is 11.6. The van der Waals surface area contributed by atoms with Gasteiger partial charge in [0.15, 0.2) is 0 Å². The molecule has 16 heavy (non-hydrogen) atoms. The van der Waals surface area contributed by atoms with Crippen LogP contribution in [-0.2, 0) is 4.79 Å². The first-order valence-corrected chi connectivity index (χ1v) is 5.56. The lowest BCUT2D eigenvalue weighted by Crippen LogP contribution is -2.51. The van der Waals surface area contributed by atoms with E-state index in [9.17, 15) is 4.79 Å². The Morgan fingerprint density at radius 2 is 2.31 bits per heavy atom. The van der Waals surface area contributed by atoms with Gasteiger partial charge in [-0.1, -0.05) is 38.2 Å². The third-order valence-corrected chi connectivity index (χ3v) is 3.20. The second-order valence-corrected chi connectivity index (χ2v) is 4.38. The number of hydrogen-bond donors (Lipinski definition) is 3. The predicted octanol–water partition coefficient (Wildman–Crippen LogP) is 0.333. The van der Waals surface area contributed by atoms with Gasteiger partial charge in [0.05, 0.1) is 12.6 Å². The van der Waals surface area contributed by atoms with Crippen molar-refractivity contribution in [1.82, 2.24) is 5.32 Å². The summed E-state index contributed by atoms with van der Waals surface area (Å²) in [6.45, 7) is 3.83. The highest BCUT2D eigenvalue weighted by Crippen LogP contribution is 2.31. The highest BCUT2D eigenvalue weighted by atomic mass is 16.3. The Balaban J connectivity index is 2.69. The minimum absolute atomic E-state index is 0.0624. The summed E-state index contributed by atoms with van der Waals surface area (Å²) in [7, 11) is 0. The standard InChI is InChI=1S/C12H20N2O2/c1-3-12(2)7-5-4-6-10(12)14-11(16)9(13)8-15/h4-7,9-10,15H,3,8,13H2,1-2H3,(H,14,16). The van der Waals surface area contributed by atoms with Crippen LogP contribution in [-0.4, -0.2) is 29.7 Å². The molecule has 0 saturated carbocycles. The van der Waals surface area contributed by atoms with Crippen LogP contribution in [0, 0.1) is 5.41 Å². The van der Waals surface area contributed by atoms with Gasteiger partial charge in [-0.15, -0.1) is 0 Å². The number of allylic oxidation sites excluding steroid dienone is 2. The summed E-state index contributed by atoms with van der Waals surface area (Å²) in [5.74, 6) is -0.313. The first-order valence-electron chi connectivity index (χ1n) is 5.56. The number of carbonyl (C=O) groups is 1. The molecule has 1 aliphatic carbocycles. The van der Waals surface area contributed by atoms with Crippen LogP contribution in [0.1, 0.15) is 20.3 Å². The van der Waals surface area contributed by atoms with Crippen LogP contribution in [0.5, 0.6) is 0 Å².